The lowest BCUT2D eigenvalue weighted by molar-refractivity contribution is -0.123. The molecule has 0 spiro atoms. The van der Waals surface area contributed by atoms with E-state index >= 15 is 0 Å². The smallest absolute Gasteiger partial charge is 0.221 e. The summed E-state index contributed by atoms with van der Waals surface area (Å²) >= 11 is 0. The van der Waals surface area contributed by atoms with E-state index in [1.54, 1.807) is 0 Å². The summed E-state index contributed by atoms with van der Waals surface area (Å²) in [4.78, 5) is 23.3. The van der Waals surface area contributed by atoms with E-state index in [1.165, 1.54) is 6.42 Å². The fourth-order valence-electron chi connectivity index (χ4n) is 2.72. The molecule has 0 heterocycles. The zero-order chi connectivity index (χ0) is 15.0. The van der Waals surface area contributed by atoms with Crippen molar-refractivity contribution in [2.75, 3.05) is 13.1 Å². The molecular weight excluding hydrogens is 290 g/mol. The number of amides is 2. The molecule has 1 saturated carbocycles. The molecule has 4 N–H and O–H groups in total. The third-order valence-electron chi connectivity index (χ3n) is 3.83. The molecule has 0 aliphatic heterocycles. The number of carbonyl (C=O) groups is 2. The van der Waals surface area contributed by atoms with Crippen LogP contribution in [0.1, 0.15) is 52.4 Å². The van der Waals surface area contributed by atoms with Crippen LogP contribution in [0.2, 0.25) is 0 Å². The van der Waals surface area contributed by atoms with Gasteiger partial charge in [0.15, 0.2) is 0 Å². The van der Waals surface area contributed by atoms with E-state index in [0.29, 0.717) is 37.8 Å². The van der Waals surface area contributed by atoms with Crippen molar-refractivity contribution in [2.24, 2.45) is 17.6 Å². The van der Waals surface area contributed by atoms with Gasteiger partial charge in [-0.2, -0.15) is 0 Å². The monoisotopic (exact) mass is 319 g/mol. The SMILES string of the molecule is CC(C)CC(=O)NCCC(=O)NC1CCCCC1CN.Cl. The molecular formula is C15H30ClN3O2. The van der Waals surface area contributed by atoms with Gasteiger partial charge >= 0.3 is 0 Å². The Kier molecular flexibility index (Phi) is 10.4. The van der Waals surface area contributed by atoms with Crippen LogP contribution in [0.15, 0.2) is 0 Å². The normalized spacial score (nSPS) is 21.5. The van der Waals surface area contributed by atoms with Gasteiger partial charge in [-0.1, -0.05) is 26.7 Å². The highest BCUT2D eigenvalue weighted by atomic mass is 35.5. The van der Waals surface area contributed by atoms with Gasteiger partial charge in [0.1, 0.15) is 0 Å². The van der Waals surface area contributed by atoms with Crippen LogP contribution < -0.4 is 16.4 Å². The number of hydrogen-bond donors (Lipinski definition) is 3. The van der Waals surface area contributed by atoms with Gasteiger partial charge < -0.3 is 16.4 Å². The molecule has 0 aromatic carbocycles. The highest BCUT2D eigenvalue weighted by Crippen LogP contribution is 2.23. The molecule has 2 amide bonds. The molecule has 0 aromatic rings. The van der Waals surface area contributed by atoms with E-state index in [2.05, 4.69) is 10.6 Å². The molecule has 1 rings (SSSR count). The van der Waals surface area contributed by atoms with Gasteiger partial charge in [0.25, 0.3) is 0 Å². The lowest BCUT2D eigenvalue weighted by atomic mass is 9.84. The number of carbonyl (C=O) groups excluding carboxylic acids is 2. The van der Waals surface area contributed by atoms with Crippen LogP contribution in [0.25, 0.3) is 0 Å². The predicted molar refractivity (Wildman–Crippen MR) is 87.3 cm³/mol. The summed E-state index contributed by atoms with van der Waals surface area (Å²) in [5.41, 5.74) is 5.75. The third-order valence-corrected chi connectivity index (χ3v) is 3.83. The van der Waals surface area contributed by atoms with Crippen LogP contribution in [0.4, 0.5) is 0 Å². The molecule has 1 aliphatic carbocycles. The summed E-state index contributed by atoms with van der Waals surface area (Å²) in [6.45, 7) is 5.05. The Morgan fingerprint density at radius 1 is 1.19 bits per heavy atom. The van der Waals surface area contributed by atoms with E-state index in [4.69, 9.17) is 5.73 Å². The fourth-order valence-corrected chi connectivity index (χ4v) is 2.72. The average molecular weight is 320 g/mol. The van der Waals surface area contributed by atoms with E-state index in [1.807, 2.05) is 13.8 Å². The van der Waals surface area contributed by atoms with Crippen molar-refractivity contribution < 1.29 is 9.59 Å². The van der Waals surface area contributed by atoms with Gasteiger partial charge in [0.05, 0.1) is 0 Å². The highest BCUT2D eigenvalue weighted by Gasteiger charge is 2.24. The fraction of sp³-hybridized carbons (Fsp3) is 0.867. The first-order chi connectivity index (χ1) is 9.52. The number of nitrogens with one attached hydrogen (secondary N) is 2. The van der Waals surface area contributed by atoms with Gasteiger partial charge in [-0.3, -0.25) is 9.59 Å². The van der Waals surface area contributed by atoms with Crippen LogP contribution in [0.3, 0.4) is 0 Å². The van der Waals surface area contributed by atoms with E-state index in [-0.39, 0.29) is 30.3 Å². The van der Waals surface area contributed by atoms with E-state index in [9.17, 15) is 9.59 Å². The number of rotatable bonds is 7. The largest absolute Gasteiger partial charge is 0.356 e. The number of hydrogen-bond acceptors (Lipinski definition) is 3. The maximum atomic E-state index is 11.9. The van der Waals surface area contributed by atoms with Crippen molar-refractivity contribution in [3.63, 3.8) is 0 Å². The Balaban J connectivity index is 0.00000400. The van der Waals surface area contributed by atoms with Gasteiger partial charge in [0.2, 0.25) is 11.8 Å². The van der Waals surface area contributed by atoms with Crippen molar-refractivity contribution in [2.45, 2.75) is 58.4 Å². The van der Waals surface area contributed by atoms with E-state index in [0.717, 1.165) is 19.3 Å². The number of nitrogens with two attached hydrogens (primary N) is 1. The Labute approximate surface area is 134 Å². The van der Waals surface area contributed by atoms with Crippen molar-refractivity contribution in [3.05, 3.63) is 0 Å². The summed E-state index contributed by atoms with van der Waals surface area (Å²) in [5, 5.41) is 5.85. The first kappa shape index (κ1) is 20.2. The summed E-state index contributed by atoms with van der Waals surface area (Å²) < 4.78 is 0. The zero-order valence-corrected chi connectivity index (χ0v) is 14.0. The van der Waals surface area contributed by atoms with Crippen molar-refractivity contribution in [1.29, 1.82) is 0 Å². The summed E-state index contributed by atoms with van der Waals surface area (Å²) in [7, 11) is 0. The van der Waals surface area contributed by atoms with Crippen LogP contribution in [-0.4, -0.2) is 30.9 Å². The highest BCUT2D eigenvalue weighted by molar-refractivity contribution is 5.85. The Hall–Kier alpha value is -0.810. The Morgan fingerprint density at radius 3 is 2.48 bits per heavy atom. The lowest BCUT2D eigenvalue weighted by Gasteiger charge is -2.31. The summed E-state index contributed by atoms with van der Waals surface area (Å²) in [5.74, 6) is 0.783. The molecule has 0 aromatic heterocycles. The molecule has 2 unspecified atom stereocenters. The Morgan fingerprint density at radius 2 is 1.86 bits per heavy atom. The molecule has 21 heavy (non-hydrogen) atoms. The van der Waals surface area contributed by atoms with Crippen LogP contribution in [0.5, 0.6) is 0 Å². The van der Waals surface area contributed by atoms with Crippen molar-refractivity contribution >= 4 is 24.2 Å². The minimum absolute atomic E-state index is 0. The van der Waals surface area contributed by atoms with Crippen molar-refractivity contribution in [1.82, 2.24) is 10.6 Å². The second-order valence-corrected chi connectivity index (χ2v) is 6.15. The van der Waals surface area contributed by atoms with Gasteiger partial charge in [-0.15, -0.1) is 12.4 Å². The molecule has 6 heteroatoms. The maximum absolute atomic E-state index is 11.9. The van der Waals surface area contributed by atoms with Crippen molar-refractivity contribution in [3.8, 4) is 0 Å². The predicted octanol–water partition coefficient (Wildman–Crippen LogP) is 1.59. The maximum Gasteiger partial charge on any atom is 0.221 e. The van der Waals surface area contributed by atoms with Gasteiger partial charge in [0, 0.05) is 25.4 Å². The van der Waals surface area contributed by atoms with Gasteiger partial charge in [-0.05, 0) is 31.2 Å². The summed E-state index contributed by atoms with van der Waals surface area (Å²) in [6.07, 6.45) is 5.35. The molecule has 0 bridgehead atoms. The first-order valence-corrected chi connectivity index (χ1v) is 7.79. The van der Waals surface area contributed by atoms with Gasteiger partial charge in [-0.25, -0.2) is 0 Å². The zero-order valence-electron chi connectivity index (χ0n) is 13.2. The van der Waals surface area contributed by atoms with Crippen LogP contribution >= 0.6 is 12.4 Å². The van der Waals surface area contributed by atoms with Crippen LogP contribution in [0, 0.1) is 11.8 Å². The molecule has 1 aliphatic rings. The molecule has 5 nitrogen and oxygen atoms in total. The average Bonchev–Trinajstić information content (AvgIpc) is 2.38. The third kappa shape index (κ3) is 8.27. The second-order valence-electron chi connectivity index (χ2n) is 6.15. The molecule has 124 valence electrons. The minimum atomic E-state index is 0. The lowest BCUT2D eigenvalue weighted by Crippen LogP contribution is -2.45. The molecule has 0 saturated heterocycles. The standard InChI is InChI=1S/C15H29N3O2.ClH/c1-11(2)9-15(20)17-8-7-14(19)18-13-6-4-3-5-12(13)10-16;/h11-13H,3-10,16H2,1-2H3,(H,17,20)(H,18,19);1H. The Bertz CT molecular complexity index is 324. The first-order valence-electron chi connectivity index (χ1n) is 7.79. The molecule has 1 fully saturated rings. The summed E-state index contributed by atoms with van der Waals surface area (Å²) in [6, 6.07) is 0.215. The topological polar surface area (TPSA) is 84.2 Å². The quantitative estimate of drug-likeness (QED) is 0.666. The van der Waals surface area contributed by atoms with E-state index < -0.39 is 0 Å². The van der Waals surface area contributed by atoms with Crippen LogP contribution in [-0.2, 0) is 9.59 Å². The number of halogens is 1. The molecule has 2 atom stereocenters. The molecule has 0 radical (unpaired) electrons. The minimum Gasteiger partial charge on any atom is -0.356 e. The second kappa shape index (κ2) is 10.9.